The fourth-order valence-corrected chi connectivity index (χ4v) is 2.85. The van der Waals surface area contributed by atoms with Gasteiger partial charge in [0.05, 0.1) is 0 Å². The second kappa shape index (κ2) is 6.91. The van der Waals surface area contributed by atoms with Gasteiger partial charge in [0.25, 0.3) is 11.7 Å². The van der Waals surface area contributed by atoms with Crippen LogP contribution in [0.5, 0.6) is 0 Å². The summed E-state index contributed by atoms with van der Waals surface area (Å²) in [6, 6.07) is 10.6. The van der Waals surface area contributed by atoms with Crippen molar-refractivity contribution in [2.24, 2.45) is 0 Å². The summed E-state index contributed by atoms with van der Waals surface area (Å²) in [4.78, 5) is 32.6. The first kappa shape index (κ1) is 17.5. The van der Waals surface area contributed by atoms with Crippen molar-refractivity contribution in [2.45, 2.75) is 25.7 Å². The number of hydrogen-bond acceptors (Lipinski definition) is 5. The zero-order valence-corrected chi connectivity index (χ0v) is 14.5. The third kappa shape index (κ3) is 3.01. The average molecular weight is 353 g/mol. The minimum absolute atomic E-state index is 0.0461. The predicted octanol–water partition coefficient (Wildman–Crippen LogP) is 1.60. The van der Waals surface area contributed by atoms with Crippen molar-refractivity contribution in [1.82, 2.24) is 24.9 Å². The Balaban J connectivity index is 1.85. The molecule has 3 rings (SSSR count). The maximum absolute atomic E-state index is 12.5. The summed E-state index contributed by atoms with van der Waals surface area (Å²) in [5.74, 6) is -1.26. The lowest BCUT2D eigenvalue weighted by atomic mass is 9.78. The Hall–Kier alpha value is -3.29. The number of carboxylic acid groups (broad SMARTS) is 1. The Morgan fingerprint density at radius 1 is 1.23 bits per heavy atom. The van der Waals surface area contributed by atoms with Crippen LogP contribution >= 0.6 is 0 Å². The number of hydrogen-bond donors (Lipinski definition) is 2. The van der Waals surface area contributed by atoms with Gasteiger partial charge in [-0.25, -0.2) is 9.50 Å². The summed E-state index contributed by atoms with van der Waals surface area (Å²) < 4.78 is 1.47. The van der Waals surface area contributed by atoms with Crippen molar-refractivity contribution in [1.29, 1.82) is 0 Å². The molecule has 2 heterocycles. The van der Waals surface area contributed by atoms with E-state index in [1.807, 2.05) is 13.0 Å². The van der Waals surface area contributed by atoms with Crippen LogP contribution in [0, 0.1) is 6.92 Å². The van der Waals surface area contributed by atoms with Gasteiger partial charge in [-0.3, -0.25) is 9.59 Å². The third-order valence-corrected chi connectivity index (χ3v) is 4.52. The molecule has 2 N–H and O–H groups in total. The Morgan fingerprint density at radius 2 is 1.96 bits per heavy atom. The number of fused-ring (bicyclic) bond motifs is 1. The first-order valence-electron chi connectivity index (χ1n) is 8.23. The molecule has 0 aliphatic rings. The van der Waals surface area contributed by atoms with Gasteiger partial charge < -0.3 is 10.4 Å². The molecule has 26 heavy (non-hydrogen) atoms. The maximum atomic E-state index is 12.5. The van der Waals surface area contributed by atoms with Crippen molar-refractivity contribution in [3.8, 4) is 0 Å². The average Bonchev–Trinajstić information content (AvgIpc) is 3.09. The largest absolute Gasteiger partial charge is 0.481 e. The van der Waals surface area contributed by atoms with E-state index in [9.17, 15) is 14.7 Å². The number of nitrogens with zero attached hydrogens (tertiary/aromatic N) is 4. The number of carboxylic acids is 1. The summed E-state index contributed by atoms with van der Waals surface area (Å²) in [5.41, 5.74) is 0.208. The van der Waals surface area contributed by atoms with Gasteiger partial charge in [-0.05, 0) is 25.0 Å². The Morgan fingerprint density at radius 3 is 2.58 bits per heavy atom. The van der Waals surface area contributed by atoms with Crippen molar-refractivity contribution in [3.63, 3.8) is 0 Å². The summed E-state index contributed by atoms with van der Waals surface area (Å²) in [7, 11) is 0. The number of aliphatic carboxylic acids is 1. The van der Waals surface area contributed by atoms with Crippen LogP contribution < -0.4 is 5.32 Å². The van der Waals surface area contributed by atoms with Crippen LogP contribution in [0.25, 0.3) is 5.78 Å². The van der Waals surface area contributed by atoms with Gasteiger partial charge >= 0.3 is 5.97 Å². The van der Waals surface area contributed by atoms with Gasteiger partial charge in [-0.1, -0.05) is 37.3 Å². The molecule has 8 nitrogen and oxygen atoms in total. The molecule has 0 aliphatic carbocycles. The van der Waals surface area contributed by atoms with Crippen LogP contribution in [0.4, 0.5) is 0 Å². The number of carbonyl (C=O) groups excluding carboxylic acids is 1. The fraction of sp³-hybridized carbons (Fsp3) is 0.278. The Labute approximate surface area is 149 Å². The molecule has 134 valence electrons. The number of aryl methyl sites for hydroxylation is 1. The van der Waals surface area contributed by atoms with E-state index in [1.165, 1.54) is 4.52 Å². The van der Waals surface area contributed by atoms with Crippen LogP contribution in [-0.2, 0) is 10.2 Å². The lowest BCUT2D eigenvalue weighted by Gasteiger charge is -2.28. The highest BCUT2D eigenvalue weighted by Crippen LogP contribution is 2.28. The molecule has 1 amide bonds. The van der Waals surface area contributed by atoms with E-state index in [0.717, 1.165) is 5.69 Å². The number of amides is 1. The number of rotatable bonds is 6. The molecule has 1 atom stereocenters. The smallest absolute Gasteiger partial charge is 0.315 e. The molecule has 0 saturated heterocycles. The van der Waals surface area contributed by atoms with Gasteiger partial charge in [-0.15, -0.1) is 5.10 Å². The van der Waals surface area contributed by atoms with Crippen LogP contribution in [0.15, 0.2) is 42.6 Å². The highest BCUT2D eigenvalue weighted by molar-refractivity contribution is 5.92. The lowest BCUT2D eigenvalue weighted by molar-refractivity contribution is -0.143. The van der Waals surface area contributed by atoms with Gasteiger partial charge in [0.2, 0.25) is 5.82 Å². The summed E-state index contributed by atoms with van der Waals surface area (Å²) >= 11 is 0. The van der Waals surface area contributed by atoms with E-state index in [-0.39, 0.29) is 12.4 Å². The van der Waals surface area contributed by atoms with Gasteiger partial charge in [0, 0.05) is 18.4 Å². The van der Waals surface area contributed by atoms with Gasteiger partial charge in [-0.2, -0.15) is 4.98 Å². The van der Waals surface area contributed by atoms with Gasteiger partial charge in [0.15, 0.2) is 0 Å². The molecule has 3 aromatic rings. The molecule has 1 aromatic carbocycles. The van der Waals surface area contributed by atoms with Crippen LogP contribution in [0.3, 0.4) is 0 Å². The summed E-state index contributed by atoms with van der Waals surface area (Å²) in [6.45, 7) is 3.54. The first-order valence-corrected chi connectivity index (χ1v) is 8.23. The van der Waals surface area contributed by atoms with E-state index in [2.05, 4.69) is 20.4 Å². The minimum Gasteiger partial charge on any atom is -0.481 e. The summed E-state index contributed by atoms with van der Waals surface area (Å²) in [6.07, 6.45) is 1.91. The second-order valence-corrected chi connectivity index (χ2v) is 6.02. The van der Waals surface area contributed by atoms with Crippen molar-refractivity contribution >= 4 is 17.7 Å². The highest BCUT2D eigenvalue weighted by atomic mass is 16.4. The predicted molar refractivity (Wildman–Crippen MR) is 93.9 cm³/mol. The molecular formula is C18H19N5O3. The zero-order valence-electron chi connectivity index (χ0n) is 14.5. The minimum atomic E-state index is -1.22. The molecule has 0 radical (unpaired) electrons. The van der Waals surface area contributed by atoms with E-state index in [1.54, 1.807) is 43.5 Å². The summed E-state index contributed by atoms with van der Waals surface area (Å²) in [5, 5.41) is 16.6. The molecule has 0 aliphatic heterocycles. The molecule has 0 bridgehead atoms. The van der Waals surface area contributed by atoms with Gasteiger partial charge in [0.1, 0.15) is 5.41 Å². The van der Waals surface area contributed by atoms with E-state index in [4.69, 9.17) is 0 Å². The van der Waals surface area contributed by atoms with E-state index in [0.29, 0.717) is 17.8 Å². The van der Waals surface area contributed by atoms with E-state index < -0.39 is 17.3 Å². The van der Waals surface area contributed by atoms with Crippen LogP contribution in [0.1, 0.15) is 35.2 Å². The maximum Gasteiger partial charge on any atom is 0.315 e. The molecule has 2 aromatic heterocycles. The lowest BCUT2D eigenvalue weighted by Crippen LogP contribution is -2.46. The highest BCUT2D eigenvalue weighted by Gasteiger charge is 2.39. The van der Waals surface area contributed by atoms with Crippen molar-refractivity contribution in [3.05, 3.63) is 59.7 Å². The zero-order chi connectivity index (χ0) is 18.7. The first-order chi connectivity index (χ1) is 12.5. The monoisotopic (exact) mass is 353 g/mol. The molecule has 0 fully saturated rings. The second-order valence-electron chi connectivity index (χ2n) is 6.02. The molecule has 1 unspecified atom stereocenters. The number of aromatic nitrogens is 4. The van der Waals surface area contributed by atoms with Crippen LogP contribution in [0.2, 0.25) is 0 Å². The number of carbonyl (C=O) groups is 2. The standard InChI is InChI=1S/C18H19N5O3/c1-3-18(16(25)26,13-7-5-4-6-8-13)11-20-15(24)14-21-17-19-10-9-12(2)23(17)22-14/h4-10H,3,11H2,1-2H3,(H,20,24)(H,25,26). The molecule has 0 saturated carbocycles. The van der Waals surface area contributed by atoms with Crippen molar-refractivity contribution < 1.29 is 14.7 Å². The Kier molecular flexibility index (Phi) is 4.66. The molecule has 8 heteroatoms. The van der Waals surface area contributed by atoms with E-state index >= 15 is 0 Å². The van der Waals surface area contributed by atoms with Crippen molar-refractivity contribution in [2.75, 3.05) is 6.54 Å². The van der Waals surface area contributed by atoms with Crippen LogP contribution in [-0.4, -0.2) is 43.1 Å². The quantitative estimate of drug-likeness (QED) is 0.696. The molecular weight excluding hydrogens is 334 g/mol. The number of nitrogens with one attached hydrogen (secondary N) is 1. The fourth-order valence-electron chi connectivity index (χ4n) is 2.85. The Bertz CT molecular complexity index is 954. The topological polar surface area (TPSA) is 109 Å². The number of benzene rings is 1. The normalized spacial score (nSPS) is 13.3. The third-order valence-electron chi connectivity index (χ3n) is 4.52. The molecule has 0 spiro atoms. The SMILES string of the molecule is CCC(CNC(=O)c1nc2nccc(C)n2n1)(C(=O)O)c1ccccc1.